The van der Waals surface area contributed by atoms with E-state index in [2.05, 4.69) is 16.0 Å². The summed E-state index contributed by atoms with van der Waals surface area (Å²) in [6.07, 6.45) is 3.54. The molecule has 6 rings (SSSR count). The molecule has 2 aromatic rings. The number of aliphatic hydroxyl groups is 1. The van der Waals surface area contributed by atoms with Crippen molar-refractivity contribution in [2.45, 2.75) is 74.2 Å². The number of hydrogen-bond acceptors (Lipinski definition) is 5. The van der Waals surface area contributed by atoms with E-state index in [0.717, 1.165) is 24.8 Å². The fraction of sp³-hybridized carbons (Fsp3) is 0.500. The minimum absolute atomic E-state index is 0.0531. The number of halogens is 3. The summed E-state index contributed by atoms with van der Waals surface area (Å²) in [5, 5.41) is 20.0. The molecular formula is C28H31Cl2FN4O3. The van der Waals surface area contributed by atoms with Crippen molar-refractivity contribution in [3.63, 3.8) is 0 Å². The molecule has 2 aromatic carbocycles. The maximum Gasteiger partial charge on any atom is 0.238 e. The van der Waals surface area contributed by atoms with Crippen LogP contribution >= 0.6 is 23.2 Å². The summed E-state index contributed by atoms with van der Waals surface area (Å²) in [6, 6.07) is 9.06. The first kappa shape index (κ1) is 26.0. The Labute approximate surface area is 231 Å². The lowest BCUT2D eigenvalue weighted by Crippen LogP contribution is -2.64. The minimum Gasteiger partial charge on any atom is -0.379 e. The van der Waals surface area contributed by atoms with E-state index < -0.39 is 35.0 Å². The maximum atomic E-state index is 15.9. The fourth-order valence-corrected chi connectivity index (χ4v) is 7.77. The number of benzene rings is 2. The molecular weight excluding hydrogens is 530 g/mol. The maximum absolute atomic E-state index is 15.9. The largest absolute Gasteiger partial charge is 0.379 e. The zero-order chi connectivity index (χ0) is 26.8. The van der Waals surface area contributed by atoms with E-state index in [1.54, 1.807) is 31.2 Å². The molecule has 202 valence electrons. The molecule has 3 fully saturated rings. The van der Waals surface area contributed by atoms with Crippen LogP contribution in [0.15, 0.2) is 36.4 Å². The number of hydrogen-bond donors (Lipinski definition) is 4. The molecule has 4 atom stereocenters. The van der Waals surface area contributed by atoms with Gasteiger partial charge in [0.25, 0.3) is 0 Å². The van der Waals surface area contributed by atoms with Gasteiger partial charge in [-0.3, -0.25) is 19.8 Å². The Morgan fingerprint density at radius 3 is 2.63 bits per heavy atom. The smallest absolute Gasteiger partial charge is 0.238 e. The van der Waals surface area contributed by atoms with Crippen LogP contribution in [0.1, 0.15) is 56.1 Å². The van der Waals surface area contributed by atoms with E-state index in [1.807, 2.05) is 11.0 Å². The topological polar surface area (TPSA) is 93.7 Å². The molecule has 4 unspecified atom stereocenters. The van der Waals surface area contributed by atoms with Crippen molar-refractivity contribution in [2.75, 3.05) is 18.4 Å². The van der Waals surface area contributed by atoms with Crippen LogP contribution in [0.5, 0.6) is 0 Å². The van der Waals surface area contributed by atoms with Crippen LogP contribution in [-0.2, 0) is 15.0 Å². The van der Waals surface area contributed by atoms with E-state index in [-0.39, 0.29) is 28.4 Å². The molecule has 2 amide bonds. The SMILES string of the molecule is CC(O)N1CC(NC(=O)C2NC3(CCCCC3)C3(C(=O)Nc4cc(Cl)ccc43)C2c2cccc(Cl)c2F)C1. The Morgan fingerprint density at radius 1 is 1.18 bits per heavy atom. The third kappa shape index (κ3) is 3.72. The van der Waals surface area contributed by atoms with Gasteiger partial charge in [0, 0.05) is 35.3 Å². The van der Waals surface area contributed by atoms with Gasteiger partial charge < -0.3 is 15.7 Å². The van der Waals surface area contributed by atoms with Crippen molar-refractivity contribution >= 4 is 40.7 Å². The Morgan fingerprint density at radius 2 is 1.92 bits per heavy atom. The van der Waals surface area contributed by atoms with Crippen LogP contribution < -0.4 is 16.0 Å². The van der Waals surface area contributed by atoms with Crippen molar-refractivity contribution in [3.8, 4) is 0 Å². The predicted octanol–water partition coefficient (Wildman–Crippen LogP) is 3.92. The molecule has 2 spiro atoms. The van der Waals surface area contributed by atoms with Gasteiger partial charge in [0.15, 0.2) is 0 Å². The lowest BCUT2D eigenvalue weighted by Gasteiger charge is -2.47. The standard InChI is InChI=1S/C28H31Cl2FN4O3/c1-15(36)35-13-17(14-35)32-25(37)24-22(18-6-5-7-20(30)23(18)31)28(27(34-24)10-3-2-4-11-27)19-9-8-16(29)12-21(19)33-26(28)38/h5-9,12,15,17,22,24,34,36H,2-4,10-11,13-14H2,1H3,(H,32,37)(H,33,38). The molecule has 0 aromatic heterocycles. The predicted molar refractivity (Wildman–Crippen MR) is 144 cm³/mol. The highest BCUT2D eigenvalue weighted by Gasteiger charge is 2.72. The zero-order valence-electron chi connectivity index (χ0n) is 21.1. The van der Waals surface area contributed by atoms with E-state index in [9.17, 15) is 14.7 Å². The quantitative estimate of drug-likeness (QED) is 0.454. The van der Waals surface area contributed by atoms with Crippen LogP contribution in [-0.4, -0.2) is 58.8 Å². The number of carbonyl (C=O) groups excluding carboxylic acids is 2. The number of fused-ring (bicyclic) bond motifs is 3. The summed E-state index contributed by atoms with van der Waals surface area (Å²) in [6.45, 7) is 2.72. The molecule has 4 N–H and O–H groups in total. The van der Waals surface area contributed by atoms with Gasteiger partial charge in [-0.05, 0) is 49.1 Å². The highest BCUT2D eigenvalue weighted by atomic mass is 35.5. The van der Waals surface area contributed by atoms with Gasteiger partial charge in [0.2, 0.25) is 11.8 Å². The van der Waals surface area contributed by atoms with E-state index in [1.165, 1.54) is 6.07 Å². The number of likely N-dealkylation sites (tertiary alicyclic amines) is 1. The first-order valence-corrected chi connectivity index (χ1v) is 14.0. The number of nitrogens with one attached hydrogen (secondary N) is 3. The van der Waals surface area contributed by atoms with Gasteiger partial charge >= 0.3 is 0 Å². The van der Waals surface area contributed by atoms with Crippen molar-refractivity contribution in [3.05, 3.63) is 63.4 Å². The van der Waals surface area contributed by atoms with Crippen molar-refractivity contribution in [1.82, 2.24) is 15.5 Å². The second-order valence-corrected chi connectivity index (χ2v) is 12.0. The Bertz CT molecular complexity index is 1290. The molecule has 10 heteroatoms. The monoisotopic (exact) mass is 560 g/mol. The molecule has 1 saturated carbocycles. The second kappa shape index (κ2) is 9.45. The molecule has 38 heavy (non-hydrogen) atoms. The Hall–Kier alpha value is -2.23. The molecule has 1 aliphatic carbocycles. The van der Waals surface area contributed by atoms with Crippen molar-refractivity contribution in [1.29, 1.82) is 0 Å². The van der Waals surface area contributed by atoms with Crippen LogP contribution in [0.25, 0.3) is 0 Å². The zero-order valence-corrected chi connectivity index (χ0v) is 22.6. The number of amides is 2. The summed E-state index contributed by atoms with van der Waals surface area (Å²) in [4.78, 5) is 30.1. The molecule has 3 aliphatic heterocycles. The summed E-state index contributed by atoms with van der Waals surface area (Å²) in [5.41, 5.74) is -0.447. The molecule has 2 saturated heterocycles. The van der Waals surface area contributed by atoms with E-state index in [0.29, 0.717) is 36.6 Å². The molecule has 3 heterocycles. The molecule has 4 aliphatic rings. The van der Waals surface area contributed by atoms with Crippen LogP contribution in [0.4, 0.5) is 10.1 Å². The molecule has 0 bridgehead atoms. The van der Waals surface area contributed by atoms with Gasteiger partial charge in [-0.2, -0.15) is 0 Å². The van der Waals surface area contributed by atoms with E-state index in [4.69, 9.17) is 23.2 Å². The molecule has 0 radical (unpaired) electrons. The van der Waals surface area contributed by atoms with Crippen LogP contribution in [0.3, 0.4) is 0 Å². The highest BCUT2D eigenvalue weighted by molar-refractivity contribution is 6.31. The van der Waals surface area contributed by atoms with Crippen molar-refractivity contribution < 1.29 is 19.1 Å². The first-order valence-electron chi connectivity index (χ1n) is 13.2. The molecule has 7 nitrogen and oxygen atoms in total. The number of anilines is 1. The summed E-state index contributed by atoms with van der Waals surface area (Å²) >= 11 is 12.6. The Balaban J connectivity index is 1.51. The van der Waals surface area contributed by atoms with Gasteiger partial charge in [0.1, 0.15) is 17.5 Å². The minimum atomic E-state index is -1.24. The van der Waals surface area contributed by atoms with Crippen LogP contribution in [0, 0.1) is 5.82 Å². The third-order valence-electron chi connectivity index (χ3n) is 9.09. The van der Waals surface area contributed by atoms with E-state index >= 15 is 4.39 Å². The van der Waals surface area contributed by atoms with Gasteiger partial charge in [-0.25, -0.2) is 4.39 Å². The number of nitrogens with zero attached hydrogens (tertiary/aromatic N) is 1. The fourth-order valence-electron chi connectivity index (χ4n) is 7.42. The lowest BCUT2D eigenvalue weighted by molar-refractivity contribution is -0.127. The van der Waals surface area contributed by atoms with Crippen molar-refractivity contribution in [2.24, 2.45) is 0 Å². The lowest BCUT2D eigenvalue weighted by atomic mass is 9.55. The number of carbonyl (C=O) groups is 2. The normalized spacial score (nSPS) is 29.2. The third-order valence-corrected chi connectivity index (χ3v) is 9.62. The summed E-state index contributed by atoms with van der Waals surface area (Å²) < 4.78 is 15.9. The first-order chi connectivity index (χ1) is 18.2. The van der Waals surface area contributed by atoms with Gasteiger partial charge in [-0.15, -0.1) is 0 Å². The average Bonchev–Trinajstić information content (AvgIpc) is 3.30. The Kier molecular flexibility index (Phi) is 6.47. The highest BCUT2D eigenvalue weighted by Crippen LogP contribution is 2.62. The second-order valence-electron chi connectivity index (χ2n) is 11.1. The van der Waals surface area contributed by atoms with Gasteiger partial charge in [-0.1, -0.05) is 60.7 Å². The number of aliphatic hydroxyl groups excluding tert-OH is 1. The van der Waals surface area contributed by atoms with Gasteiger partial charge in [0.05, 0.1) is 17.1 Å². The van der Waals surface area contributed by atoms with Crippen LogP contribution in [0.2, 0.25) is 10.0 Å². The average molecular weight is 561 g/mol. The number of rotatable bonds is 4. The summed E-state index contributed by atoms with van der Waals surface area (Å²) in [7, 11) is 0. The summed E-state index contributed by atoms with van der Waals surface area (Å²) in [5.74, 6) is -2.02.